The molecule has 0 spiro atoms. The summed E-state index contributed by atoms with van der Waals surface area (Å²) in [6, 6.07) is 38.6. The van der Waals surface area contributed by atoms with Crippen molar-refractivity contribution in [3.05, 3.63) is 162 Å². The SMILES string of the molecule is O=C(Nc1ccc(Cl)cn1)/C(NC(=O)c1ccccc1)=C(\c1ccccc1)P(=O)(c1ccccc1)c1ccccc1. The third kappa shape index (κ3) is 6.20. The lowest BCUT2D eigenvalue weighted by Gasteiger charge is -2.26. The van der Waals surface area contributed by atoms with Gasteiger partial charge in [-0.3, -0.25) is 9.59 Å². The number of rotatable bonds is 8. The number of nitrogens with one attached hydrogen (secondary N) is 2. The Hall–Kier alpha value is -4.77. The van der Waals surface area contributed by atoms with Gasteiger partial charge >= 0.3 is 0 Å². The molecule has 8 heteroatoms. The van der Waals surface area contributed by atoms with Crippen LogP contribution in [0.15, 0.2) is 145 Å². The predicted octanol–water partition coefficient (Wildman–Crippen LogP) is 6.49. The average molecular weight is 578 g/mol. The molecule has 0 bridgehead atoms. The highest BCUT2D eigenvalue weighted by molar-refractivity contribution is 7.87. The zero-order valence-corrected chi connectivity index (χ0v) is 23.4. The molecule has 0 atom stereocenters. The number of pyridine rings is 1. The second kappa shape index (κ2) is 12.6. The van der Waals surface area contributed by atoms with E-state index in [0.717, 1.165) is 0 Å². The zero-order valence-electron chi connectivity index (χ0n) is 21.8. The van der Waals surface area contributed by atoms with Crippen molar-refractivity contribution >= 4 is 52.3 Å². The fraction of sp³-hybridized carbons (Fsp3) is 0. The fourth-order valence-electron chi connectivity index (χ4n) is 4.39. The second-order valence-electron chi connectivity index (χ2n) is 9.01. The van der Waals surface area contributed by atoms with Crippen LogP contribution < -0.4 is 21.2 Å². The number of carbonyl (C=O) groups excluding carboxylic acids is 2. The number of benzene rings is 4. The Morgan fingerprint density at radius 3 is 1.61 bits per heavy atom. The highest BCUT2D eigenvalue weighted by atomic mass is 35.5. The van der Waals surface area contributed by atoms with Gasteiger partial charge in [0.05, 0.1) is 10.3 Å². The van der Waals surface area contributed by atoms with Gasteiger partial charge < -0.3 is 15.2 Å². The Balaban J connectivity index is 1.80. The van der Waals surface area contributed by atoms with Crippen LogP contribution in [-0.4, -0.2) is 16.8 Å². The minimum absolute atomic E-state index is 0.155. The normalized spacial score (nSPS) is 11.7. The number of carbonyl (C=O) groups is 2. The number of hydrogen-bond donors (Lipinski definition) is 2. The molecule has 0 fully saturated rings. The molecule has 41 heavy (non-hydrogen) atoms. The molecule has 0 aliphatic rings. The van der Waals surface area contributed by atoms with Gasteiger partial charge in [-0.05, 0) is 29.8 Å². The number of nitrogens with zero attached hydrogens (tertiary/aromatic N) is 1. The van der Waals surface area contributed by atoms with Crippen LogP contribution in [0, 0.1) is 0 Å². The lowest BCUT2D eigenvalue weighted by molar-refractivity contribution is -0.113. The standard InChI is InChI=1S/C33H25ClN3O3P/c34-26-21-22-29(35-23-26)36-33(39)30(37-32(38)25-15-7-2-8-16-25)31(24-13-5-1-6-14-24)41(40,27-17-9-3-10-18-27)28-19-11-4-12-20-28/h1-23H,(H,37,38)(H,35,36,39)/b31-30-. The van der Waals surface area contributed by atoms with Crippen molar-refractivity contribution in [1.29, 1.82) is 0 Å². The van der Waals surface area contributed by atoms with Crippen LogP contribution in [0.4, 0.5) is 5.82 Å². The third-order valence-electron chi connectivity index (χ3n) is 6.31. The molecule has 4 aromatic carbocycles. The number of anilines is 1. The second-order valence-corrected chi connectivity index (χ2v) is 12.1. The third-order valence-corrected chi connectivity index (χ3v) is 9.69. The van der Waals surface area contributed by atoms with Gasteiger partial charge in [-0.2, -0.15) is 0 Å². The van der Waals surface area contributed by atoms with Crippen molar-refractivity contribution in [2.75, 3.05) is 5.32 Å². The molecule has 5 rings (SSSR count). The van der Waals surface area contributed by atoms with E-state index in [2.05, 4.69) is 15.6 Å². The Labute approximate surface area is 243 Å². The van der Waals surface area contributed by atoms with Crippen molar-refractivity contribution in [3.8, 4) is 0 Å². The smallest absolute Gasteiger partial charge is 0.274 e. The maximum atomic E-state index is 15.7. The van der Waals surface area contributed by atoms with Crippen LogP contribution in [0.2, 0.25) is 5.02 Å². The van der Waals surface area contributed by atoms with Crippen LogP contribution >= 0.6 is 18.7 Å². The van der Waals surface area contributed by atoms with Gasteiger partial charge in [0.1, 0.15) is 11.5 Å². The summed E-state index contributed by atoms with van der Waals surface area (Å²) in [4.78, 5) is 31.8. The Morgan fingerprint density at radius 2 is 1.12 bits per heavy atom. The first-order valence-electron chi connectivity index (χ1n) is 12.8. The van der Waals surface area contributed by atoms with Crippen molar-refractivity contribution in [2.45, 2.75) is 0 Å². The minimum Gasteiger partial charge on any atom is -0.317 e. The van der Waals surface area contributed by atoms with Gasteiger partial charge in [0.25, 0.3) is 11.8 Å². The maximum Gasteiger partial charge on any atom is 0.274 e. The van der Waals surface area contributed by atoms with Crippen molar-refractivity contribution in [1.82, 2.24) is 10.3 Å². The molecule has 0 saturated carbocycles. The van der Waals surface area contributed by atoms with E-state index in [1.54, 1.807) is 115 Å². The lowest BCUT2D eigenvalue weighted by atomic mass is 10.1. The molecule has 0 saturated heterocycles. The summed E-state index contributed by atoms with van der Waals surface area (Å²) in [6.07, 6.45) is 1.40. The van der Waals surface area contributed by atoms with Crippen LogP contribution in [0.3, 0.4) is 0 Å². The van der Waals surface area contributed by atoms with E-state index in [-0.39, 0.29) is 16.8 Å². The van der Waals surface area contributed by atoms with Crippen molar-refractivity contribution in [2.24, 2.45) is 0 Å². The van der Waals surface area contributed by atoms with Gasteiger partial charge in [0.15, 0.2) is 7.14 Å². The highest BCUT2D eigenvalue weighted by Gasteiger charge is 2.38. The van der Waals surface area contributed by atoms with Crippen LogP contribution in [-0.2, 0) is 9.36 Å². The Kier molecular flexibility index (Phi) is 8.54. The topological polar surface area (TPSA) is 88.2 Å². The van der Waals surface area contributed by atoms with E-state index in [1.165, 1.54) is 6.20 Å². The summed E-state index contributed by atoms with van der Waals surface area (Å²) in [7, 11) is -3.76. The van der Waals surface area contributed by atoms with Gasteiger partial charge in [-0.15, -0.1) is 0 Å². The van der Waals surface area contributed by atoms with Gasteiger partial charge in [-0.25, -0.2) is 4.98 Å². The number of hydrogen-bond acceptors (Lipinski definition) is 4. The van der Waals surface area contributed by atoms with E-state index in [4.69, 9.17) is 11.6 Å². The van der Waals surface area contributed by atoms with E-state index in [1.807, 2.05) is 18.2 Å². The summed E-state index contributed by atoms with van der Waals surface area (Å²) in [6.45, 7) is 0. The van der Waals surface area contributed by atoms with Crippen molar-refractivity contribution in [3.63, 3.8) is 0 Å². The average Bonchev–Trinajstić information content (AvgIpc) is 3.03. The first kappa shape index (κ1) is 27.8. The lowest BCUT2D eigenvalue weighted by Crippen LogP contribution is -2.33. The molecule has 1 aromatic heterocycles. The quantitative estimate of drug-likeness (QED) is 0.163. The molecular formula is C33H25ClN3O3P. The minimum atomic E-state index is -3.76. The molecule has 6 nitrogen and oxygen atoms in total. The Bertz CT molecular complexity index is 1690. The molecule has 0 aliphatic heterocycles. The van der Waals surface area contributed by atoms with Crippen LogP contribution in [0.1, 0.15) is 15.9 Å². The monoisotopic (exact) mass is 577 g/mol. The van der Waals surface area contributed by atoms with E-state index >= 15 is 4.57 Å². The summed E-state index contributed by atoms with van der Waals surface area (Å²) in [5, 5.41) is 7.16. The first-order valence-corrected chi connectivity index (χ1v) is 14.9. The molecule has 0 aliphatic carbocycles. The summed E-state index contributed by atoms with van der Waals surface area (Å²) in [5.74, 6) is -0.997. The highest BCUT2D eigenvalue weighted by Crippen LogP contribution is 2.57. The number of amides is 2. The molecule has 1 heterocycles. The largest absolute Gasteiger partial charge is 0.317 e. The molecule has 2 N–H and O–H groups in total. The molecule has 2 amide bonds. The maximum absolute atomic E-state index is 15.7. The zero-order chi connectivity index (χ0) is 28.7. The van der Waals surface area contributed by atoms with Crippen LogP contribution in [0.5, 0.6) is 0 Å². The molecular weight excluding hydrogens is 553 g/mol. The molecule has 202 valence electrons. The van der Waals surface area contributed by atoms with Crippen molar-refractivity contribution < 1.29 is 14.2 Å². The molecule has 0 radical (unpaired) electrons. The molecule has 0 unspecified atom stereocenters. The summed E-state index contributed by atoms with van der Waals surface area (Å²) >= 11 is 6.00. The fourth-order valence-corrected chi connectivity index (χ4v) is 7.49. The molecule has 5 aromatic rings. The Morgan fingerprint density at radius 1 is 0.634 bits per heavy atom. The first-order chi connectivity index (χ1) is 20.0. The number of halogens is 1. The van der Waals surface area contributed by atoms with Gasteiger partial charge in [-0.1, -0.05) is 121 Å². The summed E-state index contributed by atoms with van der Waals surface area (Å²) in [5.41, 5.74) is 0.702. The van der Waals surface area contributed by atoms with Gasteiger partial charge in [0, 0.05) is 22.4 Å². The van der Waals surface area contributed by atoms with E-state index < -0.39 is 19.0 Å². The van der Waals surface area contributed by atoms with Gasteiger partial charge in [0.2, 0.25) is 0 Å². The van der Waals surface area contributed by atoms with E-state index in [0.29, 0.717) is 26.8 Å². The summed E-state index contributed by atoms with van der Waals surface area (Å²) < 4.78 is 15.7. The predicted molar refractivity (Wildman–Crippen MR) is 165 cm³/mol. The number of aromatic nitrogens is 1. The van der Waals surface area contributed by atoms with Crippen LogP contribution in [0.25, 0.3) is 5.31 Å². The van der Waals surface area contributed by atoms with E-state index in [9.17, 15) is 9.59 Å².